The van der Waals surface area contributed by atoms with Gasteiger partial charge in [0.1, 0.15) is 16.2 Å². The van der Waals surface area contributed by atoms with Gasteiger partial charge in [0.05, 0.1) is 5.75 Å². The number of aryl methyl sites for hydroxylation is 1. The zero-order valence-corrected chi connectivity index (χ0v) is 18.3. The molecule has 0 bridgehead atoms. The lowest BCUT2D eigenvalue weighted by atomic mass is 9.96. The van der Waals surface area contributed by atoms with Crippen molar-refractivity contribution in [1.82, 2.24) is 29.7 Å². The van der Waals surface area contributed by atoms with Crippen molar-refractivity contribution in [3.8, 4) is 0 Å². The van der Waals surface area contributed by atoms with Crippen LogP contribution in [-0.4, -0.2) is 43.3 Å². The number of imide groups is 1. The molecule has 0 aliphatic heterocycles. The maximum Gasteiger partial charge on any atom is 0.332 e. The molecule has 0 aliphatic rings. The molecule has 0 aliphatic carbocycles. The second-order valence-electron chi connectivity index (χ2n) is 7.60. The summed E-state index contributed by atoms with van der Waals surface area (Å²) in [5.74, 6) is -0.201. The predicted molar refractivity (Wildman–Crippen MR) is 111 cm³/mol. The van der Waals surface area contributed by atoms with Crippen molar-refractivity contribution in [1.29, 1.82) is 0 Å². The number of aromatic nitrogens is 4. The lowest BCUT2D eigenvalue weighted by molar-refractivity contribution is -0.117. The number of hydrogen-bond acceptors (Lipinski definition) is 7. The molecule has 0 radical (unpaired) electrons. The highest BCUT2D eigenvalue weighted by Crippen LogP contribution is 2.26. The van der Waals surface area contributed by atoms with Crippen LogP contribution in [0.25, 0.3) is 11.0 Å². The first-order chi connectivity index (χ1) is 13.5. The van der Waals surface area contributed by atoms with Crippen molar-refractivity contribution >= 4 is 34.7 Å². The van der Waals surface area contributed by atoms with Crippen molar-refractivity contribution in [2.24, 2.45) is 14.1 Å². The van der Waals surface area contributed by atoms with Crippen LogP contribution in [0.5, 0.6) is 0 Å². The van der Waals surface area contributed by atoms with E-state index in [4.69, 9.17) is 0 Å². The number of nitrogens with one attached hydrogen (secondary N) is 2. The standard InChI is InChI=1S/C18H26N6O4S/c1-7-8-19-16(27)20-10(25)9-29-13-11-12(21-15(22-13)18(2,3)4)23(5)17(28)24(6)14(11)26/h7-9H2,1-6H3,(H2,19,20,25,27). The Kier molecular flexibility index (Phi) is 6.83. The average Bonchev–Trinajstić information content (AvgIpc) is 2.65. The molecular formula is C18H26N6O4S. The van der Waals surface area contributed by atoms with Gasteiger partial charge in [0, 0.05) is 26.1 Å². The molecule has 0 saturated carbocycles. The fraction of sp³-hybridized carbons (Fsp3) is 0.556. The van der Waals surface area contributed by atoms with E-state index in [0.29, 0.717) is 17.4 Å². The van der Waals surface area contributed by atoms with Crippen LogP contribution >= 0.6 is 11.8 Å². The zero-order valence-electron chi connectivity index (χ0n) is 17.5. The van der Waals surface area contributed by atoms with Gasteiger partial charge in [-0.15, -0.1) is 0 Å². The molecule has 3 amide bonds. The molecule has 11 heteroatoms. The van der Waals surface area contributed by atoms with E-state index in [1.165, 1.54) is 18.7 Å². The minimum atomic E-state index is -0.571. The Bertz CT molecular complexity index is 1070. The molecule has 2 N–H and O–H groups in total. The quantitative estimate of drug-likeness (QED) is 0.535. The van der Waals surface area contributed by atoms with Crippen molar-refractivity contribution in [2.75, 3.05) is 12.3 Å². The highest BCUT2D eigenvalue weighted by molar-refractivity contribution is 8.00. The highest BCUT2D eigenvalue weighted by atomic mass is 32.2. The monoisotopic (exact) mass is 422 g/mol. The largest absolute Gasteiger partial charge is 0.338 e. The van der Waals surface area contributed by atoms with E-state index in [2.05, 4.69) is 20.6 Å². The zero-order chi connectivity index (χ0) is 21.9. The SMILES string of the molecule is CCCNC(=O)NC(=O)CSc1nc(C(C)(C)C)nc2c1c(=O)n(C)c(=O)n2C. The Balaban J connectivity index is 2.46. The van der Waals surface area contributed by atoms with Crippen LogP contribution in [-0.2, 0) is 24.3 Å². The second kappa shape index (κ2) is 8.76. The Hall–Kier alpha value is -2.69. The Labute approximate surface area is 172 Å². The summed E-state index contributed by atoms with van der Waals surface area (Å²) < 4.78 is 2.26. The predicted octanol–water partition coefficient (Wildman–Crippen LogP) is 0.653. The average molecular weight is 423 g/mol. The summed E-state index contributed by atoms with van der Waals surface area (Å²) in [5, 5.41) is 5.24. The van der Waals surface area contributed by atoms with E-state index in [9.17, 15) is 19.2 Å². The molecule has 29 heavy (non-hydrogen) atoms. The van der Waals surface area contributed by atoms with Crippen LogP contribution < -0.4 is 21.9 Å². The normalized spacial score (nSPS) is 11.5. The van der Waals surface area contributed by atoms with E-state index >= 15 is 0 Å². The van der Waals surface area contributed by atoms with Crippen LogP contribution in [0.1, 0.15) is 39.9 Å². The smallest absolute Gasteiger partial charge is 0.332 e. The van der Waals surface area contributed by atoms with Crippen LogP contribution in [0.2, 0.25) is 0 Å². The minimum Gasteiger partial charge on any atom is -0.338 e. The van der Waals surface area contributed by atoms with Crippen LogP contribution in [0.4, 0.5) is 4.79 Å². The van der Waals surface area contributed by atoms with Crippen LogP contribution in [0.15, 0.2) is 14.6 Å². The number of carbonyl (C=O) groups is 2. The number of urea groups is 1. The van der Waals surface area contributed by atoms with Gasteiger partial charge in [-0.05, 0) is 6.42 Å². The van der Waals surface area contributed by atoms with Gasteiger partial charge in [-0.2, -0.15) is 0 Å². The first kappa shape index (κ1) is 22.6. The number of amides is 3. The first-order valence-electron chi connectivity index (χ1n) is 9.16. The second-order valence-corrected chi connectivity index (χ2v) is 8.56. The van der Waals surface area contributed by atoms with Gasteiger partial charge in [-0.1, -0.05) is 39.5 Å². The molecule has 2 rings (SSSR count). The molecule has 2 aromatic rings. The fourth-order valence-corrected chi connectivity index (χ4v) is 3.26. The lowest BCUT2D eigenvalue weighted by Gasteiger charge is -2.19. The van der Waals surface area contributed by atoms with Crippen LogP contribution in [0, 0.1) is 0 Å². The number of rotatable bonds is 5. The molecule has 158 valence electrons. The molecular weight excluding hydrogens is 396 g/mol. The Morgan fingerprint density at radius 3 is 2.34 bits per heavy atom. The van der Waals surface area contributed by atoms with Crippen molar-refractivity contribution < 1.29 is 9.59 Å². The molecule has 0 spiro atoms. The van der Waals surface area contributed by atoms with Gasteiger partial charge < -0.3 is 5.32 Å². The molecule has 2 aromatic heterocycles. The summed E-state index contributed by atoms with van der Waals surface area (Å²) >= 11 is 1.02. The number of thioether (sulfide) groups is 1. The number of hydrogen-bond donors (Lipinski definition) is 2. The number of fused-ring (bicyclic) bond motifs is 1. The minimum absolute atomic E-state index is 0.124. The van der Waals surface area contributed by atoms with Crippen LogP contribution in [0.3, 0.4) is 0 Å². The molecule has 0 unspecified atom stereocenters. The summed E-state index contributed by atoms with van der Waals surface area (Å²) in [7, 11) is 2.91. The van der Waals surface area contributed by atoms with E-state index < -0.39 is 28.6 Å². The molecule has 0 atom stereocenters. The summed E-state index contributed by atoms with van der Waals surface area (Å²) in [5.41, 5.74) is -1.26. The van der Waals surface area contributed by atoms with Gasteiger partial charge in [0.15, 0.2) is 5.65 Å². The van der Waals surface area contributed by atoms with Gasteiger partial charge in [-0.25, -0.2) is 19.6 Å². The maximum absolute atomic E-state index is 12.7. The van der Waals surface area contributed by atoms with Crippen molar-refractivity contribution in [3.63, 3.8) is 0 Å². The van der Waals surface area contributed by atoms with Crippen molar-refractivity contribution in [2.45, 2.75) is 44.6 Å². The summed E-state index contributed by atoms with van der Waals surface area (Å²) in [6.45, 7) is 8.09. The van der Waals surface area contributed by atoms with Gasteiger partial charge in [-0.3, -0.25) is 24.0 Å². The number of nitrogens with zero attached hydrogens (tertiary/aromatic N) is 4. The summed E-state index contributed by atoms with van der Waals surface area (Å²) in [4.78, 5) is 57.7. The molecule has 0 saturated heterocycles. The molecule has 0 aromatic carbocycles. The third-order valence-corrected chi connectivity index (χ3v) is 5.04. The van der Waals surface area contributed by atoms with E-state index in [1.54, 1.807) is 0 Å². The van der Waals surface area contributed by atoms with Gasteiger partial charge in [0.25, 0.3) is 5.56 Å². The van der Waals surface area contributed by atoms with E-state index in [1.807, 2.05) is 27.7 Å². The number of carbonyl (C=O) groups excluding carboxylic acids is 2. The fourth-order valence-electron chi connectivity index (χ4n) is 2.45. The Morgan fingerprint density at radius 2 is 1.76 bits per heavy atom. The van der Waals surface area contributed by atoms with E-state index in [0.717, 1.165) is 22.7 Å². The van der Waals surface area contributed by atoms with Gasteiger partial charge in [0.2, 0.25) is 5.91 Å². The highest BCUT2D eigenvalue weighted by Gasteiger charge is 2.24. The summed E-state index contributed by atoms with van der Waals surface area (Å²) in [6.07, 6.45) is 0.751. The first-order valence-corrected chi connectivity index (χ1v) is 10.1. The third kappa shape index (κ3) is 5.03. The molecule has 2 heterocycles. The van der Waals surface area contributed by atoms with E-state index in [-0.39, 0.29) is 16.8 Å². The maximum atomic E-state index is 12.7. The molecule has 10 nitrogen and oxygen atoms in total. The lowest BCUT2D eigenvalue weighted by Crippen LogP contribution is -2.40. The summed E-state index contributed by atoms with van der Waals surface area (Å²) in [6, 6.07) is -0.571. The Morgan fingerprint density at radius 1 is 1.10 bits per heavy atom. The third-order valence-electron chi connectivity index (χ3n) is 4.07. The topological polar surface area (TPSA) is 128 Å². The molecule has 0 fully saturated rings. The van der Waals surface area contributed by atoms with Crippen molar-refractivity contribution in [3.05, 3.63) is 26.7 Å². The van der Waals surface area contributed by atoms with Gasteiger partial charge >= 0.3 is 11.7 Å².